The van der Waals surface area contributed by atoms with E-state index in [1.54, 1.807) is 0 Å². The lowest BCUT2D eigenvalue weighted by Crippen LogP contribution is -2.37. The first-order valence-electron chi connectivity index (χ1n) is 7.84. The lowest BCUT2D eigenvalue weighted by atomic mass is 10.1. The zero-order chi connectivity index (χ0) is 17.4. The van der Waals surface area contributed by atoms with Gasteiger partial charge >= 0.3 is 6.03 Å². The fraction of sp³-hybridized carbons (Fsp3) is 0.333. The fourth-order valence-corrected chi connectivity index (χ4v) is 3.02. The maximum Gasteiger partial charge on any atom is 0.315 e. The van der Waals surface area contributed by atoms with Crippen molar-refractivity contribution in [3.05, 3.63) is 46.8 Å². The van der Waals surface area contributed by atoms with Crippen LogP contribution in [0.5, 0.6) is 0 Å². The predicted octanol–water partition coefficient (Wildman–Crippen LogP) is 3.10. The molecule has 5 nitrogen and oxygen atoms in total. The third kappa shape index (κ3) is 5.37. The highest BCUT2D eigenvalue weighted by atomic mass is 32.1. The Morgan fingerprint density at radius 3 is 2.88 bits per heavy atom. The van der Waals surface area contributed by atoms with Gasteiger partial charge < -0.3 is 15.7 Å². The molecule has 0 fully saturated rings. The summed E-state index contributed by atoms with van der Waals surface area (Å²) in [6.07, 6.45) is 0.674. The van der Waals surface area contributed by atoms with Crippen molar-refractivity contribution in [2.75, 3.05) is 13.2 Å². The highest BCUT2D eigenvalue weighted by molar-refractivity contribution is 7.16. The summed E-state index contributed by atoms with van der Waals surface area (Å²) >= 11 is 1.45. The lowest BCUT2D eigenvalue weighted by Gasteiger charge is -2.12. The van der Waals surface area contributed by atoms with E-state index in [0.717, 1.165) is 16.0 Å². The maximum absolute atomic E-state index is 11.8. The summed E-state index contributed by atoms with van der Waals surface area (Å²) in [7, 11) is 0. The van der Waals surface area contributed by atoms with E-state index in [2.05, 4.69) is 16.7 Å². The van der Waals surface area contributed by atoms with Gasteiger partial charge in [-0.25, -0.2) is 4.79 Å². The second-order valence-corrected chi connectivity index (χ2v) is 6.74. The number of nitrogens with one attached hydrogen (secondary N) is 2. The molecular weight excluding hydrogens is 322 g/mol. The van der Waals surface area contributed by atoms with E-state index in [1.165, 1.54) is 11.3 Å². The fourth-order valence-electron chi connectivity index (χ4n) is 2.22. The molecule has 0 radical (unpaired) electrons. The number of aliphatic hydroxyl groups is 1. The Hall–Kier alpha value is -2.36. The molecule has 1 aromatic heterocycles. The van der Waals surface area contributed by atoms with E-state index in [-0.39, 0.29) is 18.6 Å². The van der Waals surface area contributed by atoms with Crippen LogP contribution in [0.3, 0.4) is 0 Å². The molecule has 0 spiro atoms. The second-order valence-electron chi connectivity index (χ2n) is 5.66. The Bertz CT molecular complexity index is 721. The Balaban J connectivity index is 1.88. The number of hydrogen-bond acceptors (Lipinski definition) is 4. The standard InChI is InChI=1S/C18H21N3O2S/c1-13(7-8-22)11-20-18(23)21-12-14-3-2-4-15(9-14)17-6-5-16(10-19)24-17/h2-6,9,13,22H,7-8,11-12H2,1H3,(H2,20,21,23). The monoisotopic (exact) mass is 343 g/mol. The third-order valence-corrected chi connectivity index (χ3v) is 4.65. The highest BCUT2D eigenvalue weighted by Gasteiger charge is 2.06. The van der Waals surface area contributed by atoms with Gasteiger partial charge in [0.05, 0.1) is 0 Å². The Morgan fingerprint density at radius 2 is 2.17 bits per heavy atom. The van der Waals surface area contributed by atoms with Gasteiger partial charge in [0, 0.05) is 24.6 Å². The van der Waals surface area contributed by atoms with Crippen LogP contribution >= 0.6 is 11.3 Å². The molecule has 0 saturated carbocycles. The van der Waals surface area contributed by atoms with E-state index >= 15 is 0 Å². The summed E-state index contributed by atoms with van der Waals surface area (Å²) < 4.78 is 0. The predicted molar refractivity (Wildman–Crippen MR) is 95.6 cm³/mol. The second kappa shape index (κ2) is 9.06. The molecule has 1 atom stereocenters. The summed E-state index contributed by atoms with van der Waals surface area (Å²) in [5, 5.41) is 23.4. The average Bonchev–Trinajstić information content (AvgIpc) is 3.08. The summed E-state index contributed by atoms with van der Waals surface area (Å²) in [6.45, 7) is 3.09. The van der Waals surface area contributed by atoms with Crippen LogP contribution in [-0.4, -0.2) is 24.3 Å². The molecule has 2 amide bonds. The minimum Gasteiger partial charge on any atom is -0.396 e. The molecule has 1 aromatic carbocycles. The van der Waals surface area contributed by atoms with Crippen LogP contribution in [0.2, 0.25) is 0 Å². The van der Waals surface area contributed by atoms with Gasteiger partial charge in [0.1, 0.15) is 10.9 Å². The Kier molecular flexibility index (Phi) is 6.79. The van der Waals surface area contributed by atoms with Crippen molar-refractivity contribution in [2.24, 2.45) is 5.92 Å². The summed E-state index contributed by atoms with van der Waals surface area (Å²) in [5.74, 6) is 0.247. The molecule has 0 saturated heterocycles. The van der Waals surface area contributed by atoms with Crippen molar-refractivity contribution in [1.82, 2.24) is 10.6 Å². The molecule has 0 bridgehead atoms. The number of aliphatic hydroxyl groups excluding tert-OH is 1. The number of benzene rings is 1. The molecule has 2 rings (SSSR count). The number of nitrogens with zero attached hydrogens (tertiary/aromatic N) is 1. The van der Waals surface area contributed by atoms with Gasteiger partial charge in [0.2, 0.25) is 0 Å². The molecule has 0 aliphatic heterocycles. The Labute approximate surface area is 145 Å². The van der Waals surface area contributed by atoms with Crippen molar-refractivity contribution < 1.29 is 9.90 Å². The van der Waals surface area contributed by atoms with Crippen LogP contribution in [0.25, 0.3) is 10.4 Å². The number of carbonyl (C=O) groups is 1. The number of nitriles is 1. The van der Waals surface area contributed by atoms with Gasteiger partial charge in [-0.1, -0.05) is 25.1 Å². The van der Waals surface area contributed by atoms with E-state index in [1.807, 2.05) is 43.3 Å². The number of thiophene rings is 1. The van der Waals surface area contributed by atoms with Crippen LogP contribution in [0.4, 0.5) is 4.79 Å². The van der Waals surface area contributed by atoms with Crippen LogP contribution < -0.4 is 10.6 Å². The van der Waals surface area contributed by atoms with Crippen LogP contribution in [0.1, 0.15) is 23.8 Å². The number of hydrogen-bond donors (Lipinski definition) is 3. The van der Waals surface area contributed by atoms with Gasteiger partial charge in [-0.2, -0.15) is 5.26 Å². The van der Waals surface area contributed by atoms with Crippen LogP contribution in [0, 0.1) is 17.2 Å². The molecule has 2 aromatic rings. The zero-order valence-corrected chi connectivity index (χ0v) is 14.4. The van der Waals surface area contributed by atoms with Crippen molar-refractivity contribution >= 4 is 17.4 Å². The third-order valence-electron chi connectivity index (χ3n) is 3.61. The van der Waals surface area contributed by atoms with Gasteiger partial charge in [0.25, 0.3) is 0 Å². The van der Waals surface area contributed by atoms with E-state index in [9.17, 15) is 4.79 Å². The molecule has 0 aliphatic rings. The molecule has 0 aliphatic carbocycles. The minimum atomic E-state index is -0.215. The van der Waals surface area contributed by atoms with Crippen molar-refractivity contribution in [3.8, 4) is 16.5 Å². The van der Waals surface area contributed by atoms with Gasteiger partial charge in [-0.05, 0) is 41.7 Å². The largest absolute Gasteiger partial charge is 0.396 e. The number of amides is 2. The van der Waals surface area contributed by atoms with E-state index < -0.39 is 0 Å². The first kappa shape index (κ1) is 18.0. The molecule has 6 heteroatoms. The van der Waals surface area contributed by atoms with Crippen molar-refractivity contribution in [2.45, 2.75) is 19.9 Å². The molecule has 3 N–H and O–H groups in total. The highest BCUT2D eigenvalue weighted by Crippen LogP contribution is 2.28. The maximum atomic E-state index is 11.8. The van der Waals surface area contributed by atoms with Gasteiger partial charge in [-0.3, -0.25) is 0 Å². The number of rotatable bonds is 7. The molecular formula is C18H21N3O2S. The quantitative estimate of drug-likeness (QED) is 0.722. The lowest BCUT2D eigenvalue weighted by molar-refractivity contribution is 0.233. The molecule has 126 valence electrons. The molecule has 1 heterocycles. The normalized spacial score (nSPS) is 11.5. The van der Waals surface area contributed by atoms with E-state index in [0.29, 0.717) is 24.4 Å². The SMILES string of the molecule is CC(CCO)CNC(=O)NCc1cccc(-c2ccc(C#N)s2)c1. The van der Waals surface area contributed by atoms with Crippen LogP contribution in [-0.2, 0) is 6.54 Å². The summed E-state index contributed by atoms with van der Waals surface area (Å²) in [6, 6.07) is 13.6. The van der Waals surface area contributed by atoms with Crippen LogP contribution in [0.15, 0.2) is 36.4 Å². The average molecular weight is 343 g/mol. The first-order chi connectivity index (χ1) is 11.6. The molecule has 1 unspecified atom stereocenters. The molecule has 24 heavy (non-hydrogen) atoms. The van der Waals surface area contributed by atoms with Gasteiger partial charge in [-0.15, -0.1) is 11.3 Å². The topological polar surface area (TPSA) is 85.2 Å². The number of carbonyl (C=O) groups excluding carboxylic acids is 1. The summed E-state index contributed by atoms with van der Waals surface area (Å²) in [5.41, 5.74) is 2.04. The first-order valence-corrected chi connectivity index (χ1v) is 8.66. The smallest absolute Gasteiger partial charge is 0.315 e. The van der Waals surface area contributed by atoms with Crippen molar-refractivity contribution in [1.29, 1.82) is 5.26 Å². The van der Waals surface area contributed by atoms with E-state index in [4.69, 9.17) is 10.4 Å². The summed E-state index contributed by atoms with van der Waals surface area (Å²) in [4.78, 5) is 13.5. The Morgan fingerprint density at radius 1 is 1.33 bits per heavy atom. The minimum absolute atomic E-state index is 0.132. The van der Waals surface area contributed by atoms with Crippen molar-refractivity contribution in [3.63, 3.8) is 0 Å². The van der Waals surface area contributed by atoms with Gasteiger partial charge in [0.15, 0.2) is 0 Å². The number of urea groups is 1. The zero-order valence-electron chi connectivity index (χ0n) is 13.6.